The van der Waals surface area contributed by atoms with Gasteiger partial charge in [-0.15, -0.1) is 0 Å². The summed E-state index contributed by atoms with van der Waals surface area (Å²) in [5, 5.41) is 9.40. The third-order valence-electron chi connectivity index (χ3n) is 2.95. The van der Waals surface area contributed by atoms with E-state index >= 15 is 0 Å². The van der Waals surface area contributed by atoms with Crippen LogP contribution >= 0.6 is 0 Å². The fourth-order valence-corrected chi connectivity index (χ4v) is 2.42. The maximum atomic E-state index is 11.5. The fraction of sp³-hybridized carbons (Fsp3) is 0.786. The highest BCUT2D eigenvalue weighted by Crippen LogP contribution is 2.28. The van der Waals surface area contributed by atoms with Crippen molar-refractivity contribution in [1.29, 1.82) is 0 Å². The summed E-state index contributed by atoms with van der Waals surface area (Å²) in [5.41, 5.74) is 5.13. The van der Waals surface area contributed by atoms with Gasteiger partial charge in [0.05, 0.1) is 6.61 Å². The van der Waals surface area contributed by atoms with E-state index in [-0.39, 0.29) is 17.9 Å². The summed E-state index contributed by atoms with van der Waals surface area (Å²) >= 11 is 0. The molecule has 0 aliphatic heterocycles. The second kappa shape index (κ2) is 7.85. The lowest BCUT2D eigenvalue weighted by Crippen LogP contribution is -2.53. The number of amides is 2. The summed E-state index contributed by atoms with van der Waals surface area (Å²) in [7, 11) is 0. The molecule has 2 atom stereocenters. The van der Waals surface area contributed by atoms with Crippen LogP contribution in [-0.4, -0.2) is 47.2 Å². The summed E-state index contributed by atoms with van der Waals surface area (Å²) < 4.78 is 4.75. The van der Waals surface area contributed by atoms with E-state index in [4.69, 9.17) is 10.5 Å². The number of carbonyl (C=O) groups is 3. The molecule has 0 rings (SSSR count). The van der Waals surface area contributed by atoms with Crippen LogP contribution in [0.5, 0.6) is 0 Å². The van der Waals surface area contributed by atoms with Gasteiger partial charge in [0.25, 0.3) is 0 Å². The van der Waals surface area contributed by atoms with Crippen molar-refractivity contribution in [2.45, 2.75) is 47.1 Å². The lowest BCUT2D eigenvalue weighted by molar-refractivity contribution is -0.148. The predicted molar refractivity (Wildman–Crippen MR) is 77.6 cm³/mol. The minimum atomic E-state index is -1.19. The molecule has 0 spiro atoms. The van der Waals surface area contributed by atoms with Crippen LogP contribution in [0.25, 0.3) is 0 Å². The molecule has 0 aliphatic carbocycles. The Balaban J connectivity index is 5.21. The minimum Gasteiger partial charge on any atom is -0.480 e. The first-order chi connectivity index (χ1) is 9.49. The summed E-state index contributed by atoms with van der Waals surface area (Å²) in [6, 6.07) is -2.11. The number of rotatable bonds is 7. The first-order valence-corrected chi connectivity index (χ1v) is 6.94. The monoisotopic (exact) mass is 302 g/mol. The van der Waals surface area contributed by atoms with Crippen molar-refractivity contribution in [3.8, 4) is 0 Å². The zero-order valence-corrected chi connectivity index (χ0v) is 13.4. The van der Waals surface area contributed by atoms with E-state index in [2.05, 4.69) is 0 Å². The van der Waals surface area contributed by atoms with E-state index < -0.39 is 30.6 Å². The van der Waals surface area contributed by atoms with Gasteiger partial charge in [0.2, 0.25) is 0 Å². The van der Waals surface area contributed by atoms with Gasteiger partial charge in [-0.25, -0.2) is 9.59 Å². The summed E-state index contributed by atoms with van der Waals surface area (Å²) in [4.78, 5) is 35.4. The molecular formula is C14H26N2O5. The molecular weight excluding hydrogens is 276 g/mol. The standard InChI is InChI=1S/C14H26N2O5/c1-6-21-10(17)8-16(13(15)20)11(12(18)19)9(2)7-14(3,4)5/h9,11H,6-8H2,1-5H3,(H2,15,20)(H,18,19)/t9?,11-/m0/s1. The van der Waals surface area contributed by atoms with Crippen LogP contribution in [0, 0.1) is 11.3 Å². The normalized spacial score (nSPS) is 14.1. The van der Waals surface area contributed by atoms with Crippen LogP contribution in [0.15, 0.2) is 0 Å². The van der Waals surface area contributed by atoms with Gasteiger partial charge in [-0.2, -0.15) is 0 Å². The van der Waals surface area contributed by atoms with Crippen molar-refractivity contribution in [1.82, 2.24) is 4.90 Å². The number of nitrogens with two attached hydrogens (primary N) is 1. The number of esters is 1. The first kappa shape index (κ1) is 19.2. The van der Waals surface area contributed by atoms with Crippen molar-refractivity contribution >= 4 is 18.0 Å². The molecule has 0 aromatic heterocycles. The highest BCUT2D eigenvalue weighted by molar-refractivity contribution is 5.85. The molecule has 2 amide bonds. The van der Waals surface area contributed by atoms with Crippen LogP contribution < -0.4 is 5.73 Å². The fourth-order valence-electron chi connectivity index (χ4n) is 2.42. The summed E-state index contributed by atoms with van der Waals surface area (Å²) in [6.45, 7) is 8.97. The Morgan fingerprint density at radius 3 is 2.14 bits per heavy atom. The zero-order valence-electron chi connectivity index (χ0n) is 13.4. The van der Waals surface area contributed by atoms with Crippen molar-refractivity contribution in [3.63, 3.8) is 0 Å². The van der Waals surface area contributed by atoms with Crippen LogP contribution in [0.2, 0.25) is 0 Å². The quantitative estimate of drug-likeness (QED) is 0.692. The van der Waals surface area contributed by atoms with E-state index in [0.29, 0.717) is 6.42 Å². The molecule has 21 heavy (non-hydrogen) atoms. The Morgan fingerprint density at radius 2 is 1.81 bits per heavy atom. The van der Waals surface area contributed by atoms with E-state index in [0.717, 1.165) is 4.90 Å². The Bertz CT molecular complexity index is 389. The largest absolute Gasteiger partial charge is 0.480 e. The van der Waals surface area contributed by atoms with Crippen LogP contribution in [0.1, 0.15) is 41.0 Å². The molecule has 0 aliphatic rings. The summed E-state index contributed by atoms with van der Waals surface area (Å²) in [5.74, 6) is -2.22. The number of carboxylic acids is 1. The minimum absolute atomic E-state index is 0.111. The highest BCUT2D eigenvalue weighted by Gasteiger charge is 2.36. The van der Waals surface area contributed by atoms with E-state index in [1.807, 2.05) is 20.8 Å². The lowest BCUT2D eigenvalue weighted by Gasteiger charge is -2.33. The number of hydrogen-bond acceptors (Lipinski definition) is 4. The molecule has 3 N–H and O–H groups in total. The van der Waals surface area contributed by atoms with E-state index in [1.165, 1.54) is 0 Å². The molecule has 0 aromatic carbocycles. The maximum absolute atomic E-state index is 11.5. The average molecular weight is 302 g/mol. The van der Waals surface area contributed by atoms with Crippen LogP contribution in [0.3, 0.4) is 0 Å². The molecule has 1 unspecified atom stereocenters. The molecule has 0 aromatic rings. The van der Waals surface area contributed by atoms with Gasteiger partial charge in [-0.3, -0.25) is 9.69 Å². The van der Waals surface area contributed by atoms with Crippen molar-refractivity contribution < 1.29 is 24.2 Å². The van der Waals surface area contributed by atoms with E-state index in [1.54, 1.807) is 13.8 Å². The highest BCUT2D eigenvalue weighted by atomic mass is 16.5. The third-order valence-corrected chi connectivity index (χ3v) is 2.95. The number of nitrogens with zero attached hydrogens (tertiary/aromatic N) is 1. The molecule has 7 heteroatoms. The Morgan fingerprint density at radius 1 is 1.29 bits per heavy atom. The second-order valence-corrected chi connectivity index (χ2v) is 6.30. The maximum Gasteiger partial charge on any atom is 0.326 e. The van der Waals surface area contributed by atoms with Gasteiger partial charge in [0.1, 0.15) is 12.6 Å². The molecule has 0 saturated heterocycles. The zero-order chi connectivity index (χ0) is 16.8. The van der Waals surface area contributed by atoms with Gasteiger partial charge in [0.15, 0.2) is 0 Å². The van der Waals surface area contributed by atoms with Crippen molar-refractivity contribution in [3.05, 3.63) is 0 Å². The Labute approximate surface area is 125 Å². The number of aliphatic carboxylic acids is 1. The molecule has 122 valence electrons. The smallest absolute Gasteiger partial charge is 0.326 e. The van der Waals surface area contributed by atoms with Gasteiger partial charge in [0, 0.05) is 0 Å². The molecule has 0 fully saturated rings. The van der Waals surface area contributed by atoms with Gasteiger partial charge < -0.3 is 15.6 Å². The van der Waals surface area contributed by atoms with Crippen LogP contribution in [0.4, 0.5) is 4.79 Å². The van der Waals surface area contributed by atoms with E-state index in [9.17, 15) is 19.5 Å². The number of ether oxygens (including phenoxy) is 1. The third kappa shape index (κ3) is 6.97. The van der Waals surface area contributed by atoms with Crippen molar-refractivity contribution in [2.75, 3.05) is 13.2 Å². The molecule has 0 bridgehead atoms. The van der Waals surface area contributed by atoms with Gasteiger partial charge in [-0.05, 0) is 24.7 Å². The summed E-state index contributed by atoms with van der Waals surface area (Å²) in [6.07, 6.45) is 0.566. The molecule has 0 saturated carbocycles. The average Bonchev–Trinajstić information content (AvgIpc) is 2.24. The van der Waals surface area contributed by atoms with Gasteiger partial charge >= 0.3 is 18.0 Å². The SMILES string of the molecule is CCOC(=O)CN(C(N)=O)[C@H](C(=O)O)C(C)CC(C)(C)C. The molecule has 7 nitrogen and oxygen atoms in total. The Hall–Kier alpha value is -1.79. The molecule has 0 radical (unpaired) electrons. The number of urea groups is 1. The number of primary amides is 1. The lowest BCUT2D eigenvalue weighted by atomic mass is 9.82. The predicted octanol–water partition coefficient (Wildman–Crippen LogP) is 1.46. The number of carbonyl (C=O) groups excluding carboxylic acids is 2. The molecule has 0 heterocycles. The van der Waals surface area contributed by atoms with Crippen LogP contribution in [-0.2, 0) is 14.3 Å². The topological polar surface area (TPSA) is 110 Å². The first-order valence-electron chi connectivity index (χ1n) is 6.94. The Kier molecular flexibility index (Phi) is 7.18. The number of hydrogen-bond donors (Lipinski definition) is 2. The number of carboxylic acid groups (broad SMARTS) is 1. The second-order valence-electron chi connectivity index (χ2n) is 6.30. The van der Waals surface area contributed by atoms with Crippen molar-refractivity contribution in [2.24, 2.45) is 17.1 Å². The van der Waals surface area contributed by atoms with Gasteiger partial charge in [-0.1, -0.05) is 27.7 Å².